The Labute approximate surface area is 166 Å². The average Bonchev–Trinajstić information content (AvgIpc) is 2.98. The molecule has 3 N–H and O–H groups in total. The first-order valence-electron chi connectivity index (χ1n) is 8.98. The summed E-state index contributed by atoms with van der Waals surface area (Å²) in [5.41, 5.74) is 4.92. The second-order valence-corrected chi connectivity index (χ2v) is 8.38. The smallest absolute Gasteiger partial charge is 0.277 e. The monoisotopic (exact) mass is 389 g/mol. The Balaban J connectivity index is 1.58. The third-order valence-corrected chi connectivity index (χ3v) is 7.18. The number of hydrogen-bond donors (Lipinski definition) is 2. The number of nitriles is 2. The van der Waals surface area contributed by atoms with Crippen molar-refractivity contribution in [3.63, 3.8) is 0 Å². The van der Waals surface area contributed by atoms with Gasteiger partial charge in [-0.05, 0) is 29.8 Å². The van der Waals surface area contributed by atoms with Gasteiger partial charge in [0.2, 0.25) is 0 Å². The Bertz CT molecular complexity index is 1070. The fourth-order valence-electron chi connectivity index (χ4n) is 4.70. The minimum atomic E-state index is -1.12. The molecule has 0 aromatic heterocycles. The lowest BCUT2D eigenvalue weighted by Crippen LogP contribution is -2.88. The fourth-order valence-corrected chi connectivity index (χ4v) is 6.06. The number of thioether (sulfide) groups is 1. The largest absolute Gasteiger partial charge is 0.457 e. The number of nitrogens with zero attached hydrogens (tertiary/aromatic N) is 2. The molecule has 1 saturated heterocycles. The van der Waals surface area contributed by atoms with Crippen LogP contribution in [0.2, 0.25) is 0 Å². The summed E-state index contributed by atoms with van der Waals surface area (Å²) in [6, 6.07) is 21.8. The van der Waals surface area contributed by atoms with E-state index >= 15 is 0 Å². The van der Waals surface area contributed by atoms with Gasteiger partial charge in [-0.1, -0.05) is 42.1 Å². The van der Waals surface area contributed by atoms with E-state index in [9.17, 15) is 10.5 Å². The number of fused-ring (bicyclic) bond motifs is 2. The van der Waals surface area contributed by atoms with Crippen molar-refractivity contribution in [1.82, 2.24) is 0 Å². The zero-order valence-corrected chi connectivity index (χ0v) is 15.7. The minimum Gasteiger partial charge on any atom is -0.457 e. The number of amidine groups is 1. The van der Waals surface area contributed by atoms with Crippen LogP contribution in [0.5, 0.6) is 11.5 Å². The lowest BCUT2D eigenvalue weighted by Gasteiger charge is -2.23. The first kappa shape index (κ1) is 17.1. The number of rotatable bonds is 3. The molecular formula is C21H17N4O2S+. The molecule has 28 heavy (non-hydrogen) atoms. The maximum Gasteiger partial charge on any atom is 0.277 e. The van der Waals surface area contributed by atoms with Gasteiger partial charge in [0.25, 0.3) is 10.9 Å². The van der Waals surface area contributed by atoms with Crippen LogP contribution in [0.3, 0.4) is 0 Å². The summed E-state index contributed by atoms with van der Waals surface area (Å²) in [5, 5.41) is 19.3. The maximum atomic E-state index is 10.2. The molecule has 1 aliphatic carbocycles. The van der Waals surface area contributed by atoms with E-state index in [-0.39, 0.29) is 5.92 Å². The highest BCUT2D eigenvalue weighted by Crippen LogP contribution is 2.80. The molecule has 138 valence electrons. The van der Waals surface area contributed by atoms with E-state index in [1.807, 2.05) is 54.6 Å². The second-order valence-electron chi connectivity index (χ2n) is 7.11. The maximum absolute atomic E-state index is 10.2. The molecule has 2 fully saturated rings. The predicted molar refractivity (Wildman–Crippen MR) is 103 cm³/mol. The third kappa shape index (κ3) is 1.88. The molecule has 2 aliphatic heterocycles. The van der Waals surface area contributed by atoms with Gasteiger partial charge < -0.3 is 9.47 Å². The number of nitrogens with two attached hydrogens (primary N) is 1. The summed E-state index contributed by atoms with van der Waals surface area (Å²) in [5.74, 6) is 2.04. The van der Waals surface area contributed by atoms with Crippen molar-refractivity contribution in [2.45, 2.75) is 11.0 Å². The van der Waals surface area contributed by atoms with E-state index in [4.69, 9.17) is 15.2 Å². The normalized spacial score (nSPS) is 34.9. The van der Waals surface area contributed by atoms with Gasteiger partial charge in [-0.2, -0.15) is 10.5 Å². The van der Waals surface area contributed by atoms with Crippen LogP contribution in [0, 0.1) is 33.5 Å². The molecule has 0 radical (unpaired) electrons. The Hall–Kier alpha value is -3.00. The Morgan fingerprint density at radius 3 is 2.57 bits per heavy atom. The second kappa shape index (κ2) is 5.75. The first-order valence-corrected chi connectivity index (χ1v) is 9.96. The number of ether oxygens (including phenoxy) is 2. The van der Waals surface area contributed by atoms with Gasteiger partial charge in [-0.3, -0.25) is 5.73 Å². The van der Waals surface area contributed by atoms with Crippen molar-refractivity contribution in [2.24, 2.45) is 16.6 Å². The Morgan fingerprint density at radius 2 is 1.89 bits per heavy atom. The van der Waals surface area contributed by atoms with Crippen molar-refractivity contribution in [2.75, 3.05) is 12.4 Å². The summed E-state index contributed by atoms with van der Waals surface area (Å²) in [6.45, 7) is 0.514. The topological polar surface area (TPSA) is 106 Å². The van der Waals surface area contributed by atoms with Gasteiger partial charge in [0.15, 0.2) is 10.8 Å². The SMILES string of the molecule is N#C[C@@]12[C@@H](c3cccc(Oc4ccccc4)c3)[C@]1(C#N)C(N)=[NH+][C@@]21OCCS1. The van der Waals surface area contributed by atoms with E-state index in [1.54, 1.807) is 0 Å². The van der Waals surface area contributed by atoms with E-state index < -0.39 is 15.9 Å². The molecule has 0 bridgehead atoms. The van der Waals surface area contributed by atoms with Crippen molar-refractivity contribution in [3.05, 3.63) is 60.2 Å². The van der Waals surface area contributed by atoms with E-state index in [2.05, 4.69) is 17.1 Å². The average molecular weight is 389 g/mol. The fraction of sp³-hybridized carbons (Fsp3) is 0.286. The number of nitrogens with one attached hydrogen (secondary N) is 1. The predicted octanol–water partition coefficient (Wildman–Crippen LogP) is 1.46. The minimum absolute atomic E-state index is 0.310. The van der Waals surface area contributed by atoms with E-state index in [0.717, 1.165) is 17.1 Å². The van der Waals surface area contributed by atoms with Crippen LogP contribution in [-0.4, -0.2) is 23.3 Å². The van der Waals surface area contributed by atoms with Crippen LogP contribution in [0.25, 0.3) is 0 Å². The van der Waals surface area contributed by atoms with Crippen LogP contribution < -0.4 is 15.5 Å². The van der Waals surface area contributed by atoms with E-state index in [0.29, 0.717) is 18.2 Å². The molecule has 5 rings (SSSR count). The molecule has 0 unspecified atom stereocenters. The zero-order chi connectivity index (χ0) is 19.4. The lowest BCUT2D eigenvalue weighted by atomic mass is 9.95. The van der Waals surface area contributed by atoms with Gasteiger partial charge >= 0.3 is 0 Å². The molecule has 1 saturated carbocycles. The first-order chi connectivity index (χ1) is 13.6. The summed E-state index contributed by atoms with van der Waals surface area (Å²) >= 11 is 1.51. The molecule has 2 aromatic carbocycles. The van der Waals surface area contributed by atoms with Crippen LogP contribution >= 0.6 is 11.8 Å². The van der Waals surface area contributed by atoms with E-state index in [1.165, 1.54) is 11.8 Å². The Morgan fingerprint density at radius 1 is 1.11 bits per heavy atom. The van der Waals surface area contributed by atoms with Gasteiger partial charge in [-0.25, -0.2) is 4.99 Å². The van der Waals surface area contributed by atoms with Crippen molar-refractivity contribution in [1.29, 1.82) is 10.5 Å². The van der Waals surface area contributed by atoms with Crippen LogP contribution in [0.4, 0.5) is 0 Å². The molecular weight excluding hydrogens is 372 g/mol. The summed E-state index contributed by atoms with van der Waals surface area (Å²) < 4.78 is 11.9. The van der Waals surface area contributed by atoms with Gasteiger partial charge in [0.1, 0.15) is 11.5 Å². The highest BCUT2D eigenvalue weighted by Gasteiger charge is 2.96. The van der Waals surface area contributed by atoms with Crippen molar-refractivity contribution >= 4 is 17.6 Å². The third-order valence-electron chi connectivity index (χ3n) is 5.86. The van der Waals surface area contributed by atoms with Gasteiger partial charge in [-0.15, -0.1) is 0 Å². The molecule has 2 aromatic rings. The molecule has 0 amide bonds. The molecule has 3 aliphatic rings. The van der Waals surface area contributed by atoms with Crippen LogP contribution in [-0.2, 0) is 4.74 Å². The zero-order valence-electron chi connectivity index (χ0n) is 14.9. The summed E-state index contributed by atoms with van der Waals surface area (Å²) in [4.78, 5) is 3.13. The highest BCUT2D eigenvalue weighted by atomic mass is 32.2. The van der Waals surface area contributed by atoms with Gasteiger partial charge in [0, 0.05) is 11.7 Å². The molecule has 7 heteroatoms. The van der Waals surface area contributed by atoms with Gasteiger partial charge in [0.05, 0.1) is 18.7 Å². The number of para-hydroxylation sites is 1. The quantitative estimate of drug-likeness (QED) is 0.823. The summed E-state index contributed by atoms with van der Waals surface area (Å²) in [7, 11) is 0. The standard InChI is InChI=1S/C21H16N4O2S/c22-12-19-17(20(19,13-23)21(25-18(19)24)26-9-10-28-21)14-5-4-8-16(11-14)27-15-6-2-1-3-7-15/h1-8,11,17H,9-10H2,(H2,24,25)/p+1/t17-,19+,20+,21+/m0/s1. The van der Waals surface area contributed by atoms with Crippen molar-refractivity contribution in [3.8, 4) is 23.6 Å². The number of hydrogen-bond acceptors (Lipinski definition) is 6. The van der Waals surface area contributed by atoms with Crippen molar-refractivity contribution < 1.29 is 14.5 Å². The molecule has 6 nitrogen and oxygen atoms in total. The van der Waals surface area contributed by atoms with Crippen LogP contribution in [0.1, 0.15) is 11.5 Å². The van der Waals surface area contributed by atoms with Crippen LogP contribution in [0.15, 0.2) is 54.6 Å². The molecule has 1 spiro atoms. The lowest BCUT2D eigenvalue weighted by molar-refractivity contribution is -0.583. The highest BCUT2D eigenvalue weighted by molar-refractivity contribution is 8.00. The molecule has 4 atom stereocenters. The number of benzene rings is 2. The molecule has 2 heterocycles. The Kier molecular flexibility index (Phi) is 3.51. The summed E-state index contributed by atoms with van der Waals surface area (Å²) in [6.07, 6.45) is 0.